The minimum absolute atomic E-state index is 0.0851. The molecule has 0 fully saturated rings. The van der Waals surface area contributed by atoms with Gasteiger partial charge >= 0.3 is 0 Å². The molecule has 4 atom stereocenters. The number of halogens is 1. The first-order valence-electron chi connectivity index (χ1n) is 10.5. The van der Waals surface area contributed by atoms with Crippen LogP contribution in [0.25, 0.3) is 0 Å². The van der Waals surface area contributed by atoms with E-state index in [-0.39, 0.29) is 30.1 Å². The van der Waals surface area contributed by atoms with Crippen molar-refractivity contribution in [2.45, 2.75) is 44.2 Å². The van der Waals surface area contributed by atoms with Gasteiger partial charge in [-0.2, -0.15) is 0 Å². The number of anilines is 2. The fraction of sp³-hybridized carbons (Fsp3) is 0.435. The van der Waals surface area contributed by atoms with Crippen molar-refractivity contribution < 1.29 is 23.5 Å². The number of hydrogen-bond acceptors (Lipinski definition) is 5. The molecule has 0 spiro atoms. The lowest BCUT2D eigenvalue weighted by molar-refractivity contribution is -0.0250. The predicted octanol–water partition coefficient (Wildman–Crippen LogP) is 4.53. The van der Waals surface area contributed by atoms with Crippen LogP contribution in [0.1, 0.15) is 35.4 Å². The number of nitrogen functional groups attached to an aromatic ring is 1. The number of aliphatic hydroxyl groups excluding tert-OH is 1. The van der Waals surface area contributed by atoms with Crippen LogP contribution in [0.15, 0.2) is 42.5 Å². The number of nitrogens with one attached hydrogen (secondary N) is 1. The van der Waals surface area contributed by atoms with Gasteiger partial charge in [0.25, 0.3) is 5.91 Å². The molecule has 4 N–H and O–H groups in total. The number of hydrogen-bond donors (Lipinski definition) is 3. The first-order valence-corrected chi connectivity index (χ1v) is 13.4. The Labute approximate surface area is 183 Å². The fourth-order valence-corrected chi connectivity index (χ4v) is 6.30. The zero-order valence-corrected chi connectivity index (χ0v) is 19.4. The second kappa shape index (κ2) is 9.38. The number of carbonyl (C=O) groups is 1. The molecule has 3 rings (SSSR count). The third kappa shape index (κ3) is 5.08. The highest BCUT2D eigenvalue weighted by molar-refractivity contribution is 6.72. The topological polar surface area (TPSA) is 93.8 Å². The lowest BCUT2D eigenvalue weighted by atomic mass is 9.86. The third-order valence-corrected chi connectivity index (χ3v) is 8.36. The number of rotatable bonds is 7. The second-order valence-electron chi connectivity index (χ2n) is 8.61. The van der Waals surface area contributed by atoms with Gasteiger partial charge in [-0.05, 0) is 62.0 Å². The van der Waals surface area contributed by atoms with Gasteiger partial charge in [-0.3, -0.25) is 4.79 Å². The van der Waals surface area contributed by atoms with Crippen LogP contribution >= 0.6 is 0 Å². The summed E-state index contributed by atoms with van der Waals surface area (Å²) in [6.45, 7) is 5.19. The van der Waals surface area contributed by atoms with Crippen molar-refractivity contribution in [3.05, 3.63) is 53.6 Å². The van der Waals surface area contributed by atoms with Gasteiger partial charge in [-0.1, -0.05) is 6.92 Å². The molecule has 0 aliphatic carbocycles. The highest BCUT2D eigenvalue weighted by Crippen LogP contribution is 2.47. The molecular formula is C23H31FN2O4Si. The van der Waals surface area contributed by atoms with Crippen molar-refractivity contribution in [2.75, 3.05) is 24.8 Å². The average Bonchev–Trinajstić information content (AvgIpc) is 2.71. The van der Waals surface area contributed by atoms with Crippen LogP contribution in [0.3, 0.4) is 0 Å². The third-order valence-electron chi connectivity index (χ3n) is 5.98. The highest BCUT2D eigenvalue weighted by atomic mass is 28.4. The van der Waals surface area contributed by atoms with Crippen molar-refractivity contribution in [3.63, 3.8) is 0 Å². The summed E-state index contributed by atoms with van der Waals surface area (Å²) in [5.74, 6) is 0.242. The molecule has 1 aliphatic rings. The van der Waals surface area contributed by atoms with E-state index in [4.69, 9.17) is 15.2 Å². The van der Waals surface area contributed by atoms with E-state index in [2.05, 4.69) is 5.32 Å². The Kier molecular flexibility index (Phi) is 7.03. The van der Waals surface area contributed by atoms with Crippen molar-refractivity contribution in [3.8, 4) is 5.75 Å². The number of methoxy groups -OCH3 is 1. The number of nitrogens with two attached hydrogens (primary N) is 1. The first-order chi connectivity index (χ1) is 14.7. The van der Waals surface area contributed by atoms with E-state index in [0.29, 0.717) is 29.1 Å². The second-order valence-corrected chi connectivity index (χ2v) is 12.5. The molecule has 0 saturated carbocycles. The molecule has 1 heterocycles. The van der Waals surface area contributed by atoms with E-state index in [1.165, 1.54) is 0 Å². The van der Waals surface area contributed by atoms with Gasteiger partial charge < -0.3 is 29.7 Å². The van der Waals surface area contributed by atoms with Crippen LogP contribution in [-0.2, 0) is 4.74 Å². The largest absolute Gasteiger partial charge is 0.490 e. The maximum Gasteiger partial charge on any atom is 0.255 e. The van der Waals surface area contributed by atoms with Crippen LogP contribution < -0.4 is 15.8 Å². The molecule has 0 radical (unpaired) electrons. The van der Waals surface area contributed by atoms with E-state index in [9.17, 15) is 9.90 Å². The Bertz CT molecular complexity index is 917. The van der Waals surface area contributed by atoms with Gasteiger partial charge in [0.1, 0.15) is 11.9 Å². The van der Waals surface area contributed by atoms with Crippen LogP contribution in [0, 0.1) is 5.92 Å². The highest BCUT2D eigenvalue weighted by Gasteiger charge is 2.47. The van der Waals surface area contributed by atoms with Crippen molar-refractivity contribution in [2.24, 2.45) is 5.92 Å². The molecule has 1 amide bonds. The molecule has 0 bridgehead atoms. The molecule has 1 unspecified atom stereocenters. The number of benzene rings is 2. The number of ether oxygens (including phenoxy) is 2. The van der Waals surface area contributed by atoms with E-state index in [1.807, 2.05) is 13.0 Å². The van der Waals surface area contributed by atoms with Crippen LogP contribution in [-0.4, -0.2) is 39.2 Å². The summed E-state index contributed by atoms with van der Waals surface area (Å²) >= 11 is 0. The molecule has 31 heavy (non-hydrogen) atoms. The van der Waals surface area contributed by atoms with Crippen LogP contribution in [0.5, 0.6) is 5.75 Å². The summed E-state index contributed by atoms with van der Waals surface area (Å²) in [6, 6.07) is 12.1. The first kappa shape index (κ1) is 23.2. The van der Waals surface area contributed by atoms with Crippen molar-refractivity contribution in [1.82, 2.24) is 0 Å². The normalized spacial score (nSPS) is 21.7. The average molecular weight is 447 g/mol. The van der Waals surface area contributed by atoms with Gasteiger partial charge in [0.2, 0.25) is 8.41 Å². The minimum atomic E-state index is -3.08. The van der Waals surface area contributed by atoms with Crippen molar-refractivity contribution >= 4 is 25.7 Å². The number of fused-ring (bicyclic) bond motifs is 1. The molecule has 168 valence electrons. The van der Waals surface area contributed by atoms with Crippen molar-refractivity contribution in [1.29, 1.82) is 0 Å². The van der Waals surface area contributed by atoms with Gasteiger partial charge in [-0.25, -0.2) is 0 Å². The van der Waals surface area contributed by atoms with Gasteiger partial charge in [0.15, 0.2) is 0 Å². The smallest absolute Gasteiger partial charge is 0.255 e. The van der Waals surface area contributed by atoms with E-state index in [0.717, 1.165) is 5.56 Å². The Balaban J connectivity index is 1.87. The summed E-state index contributed by atoms with van der Waals surface area (Å²) < 4.78 is 27.1. The molecule has 0 saturated heterocycles. The SMILES string of the molecule is CO[C@H]1c2cc(NC(=O)c3ccc(N)cc3)ccc2O[C@@H](C(CCO)[Si](C)(C)F)[C@@H]1C. The van der Waals surface area contributed by atoms with Crippen LogP contribution in [0.4, 0.5) is 15.5 Å². The van der Waals surface area contributed by atoms with Gasteiger partial charge in [0.05, 0.1) is 6.10 Å². The molecule has 6 nitrogen and oxygen atoms in total. The molecule has 2 aromatic rings. The standard InChI is InChI=1S/C23H31FN2O4Si/c1-14-21(29-2)18-13-17(26-23(28)15-5-7-16(25)8-6-15)9-10-19(18)30-22(14)20(11-12-27)31(3,4)24/h5-10,13-14,20-22,27H,11-12,25H2,1-4H3,(H,26,28)/t14-,20?,21-,22-/m1/s1. The van der Waals surface area contributed by atoms with Gasteiger partial charge in [-0.15, -0.1) is 0 Å². The molecule has 1 aliphatic heterocycles. The summed E-state index contributed by atoms with van der Waals surface area (Å²) in [4.78, 5) is 12.6. The van der Waals surface area contributed by atoms with E-state index < -0.39 is 14.5 Å². The quantitative estimate of drug-likeness (QED) is 0.330. The van der Waals surface area contributed by atoms with E-state index in [1.54, 1.807) is 56.6 Å². The Hall–Kier alpha value is -2.42. The maximum atomic E-state index is 15.1. The molecular weight excluding hydrogens is 415 g/mol. The predicted molar refractivity (Wildman–Crippen MR) is 123 cm³/mol. The maximum absolute atomic E-state index is 15.1. The van der Waals surface area contributed by atoms with Crippen LogP contribution in [0.2, 0.25) is 18.6 Å². The lowest BCUT2D eigenvalue weighted by Crippen LogP contribution is -2.46. The van der Waals surface area contributed by atoms with Gasteiger partial charge in [0, 0.05) is 47.7 Å². The zero-order chi connectivity index (χ0) is 22.8. The molecule has 8 heteroatoms. The summed E-state index contributed by atoms with van der Waals surface area (Å²) in [6.07, 6.45) is -0.363. The summed E-state index contributed by atoms with van der Waals surface area (Å²) in [5, 5.41) is 12.4. The Morgan fingerprint density at radius 2 is 1.97 bits per heavy atom. The molecule has 2 aromatic carbocycles. The number of aliphatic hydroxyl groups is 1. The monoisotopic (exact) mass is 446 g/mol. The molecule has 0 aromatic heterocycles. The summed E-state index contributed by atoms with van der Waals surface area (Å²) in [5.41, 5.74) is 7.84. The fourth-order valence-electron chi connectivity index (χ4n) is 4.33. The number of amides is 1. The lowest BCUT2D eigenvalue weighted by Gasteiger charge is -2.43. The zero-order valence-electron chi connectivity index (χ0n) is 18.4. The minimum Gasteiger partial charge on any atom is -0.490 e. The summed E-state index contributed by atoms with van der Waals surface area (Å²) in [7, 11) is -1.46. The Morgan fingerprint density at radius 1 is 1.29 bits per heavy atom. The Morgan fingerprint density at radius 3 is 2.55 bits per heavy atom. The van der Waals surface area contributed by atoms with E-state index >= 15 is 4.11 Å². The number of carbonyl (C=O) groups excluding carboxylic acids is 1.